The average molecular weight is 504 g/mol. The normalized spacial score (nSPS) is 19.4. The van der Waals surface area contributed by atoms with Crippen LogP contribution in [0.4, 0.5) is 10.6 Å². The predicted molar refractivity (Wildman–Crippen MR) is 145 cm³/mol. The quantitative estimate of drug-likeness (QED) is 0.477. The third-order valence-corrected chi connectivity index (χ3v) is 7.44. The maximum Gasteiger partial charge on any atom is 0.410 e. The first-order valence-electron chi connectivity index (χ1n) is 13.2. The molecular weight excluding hydrogens is 466 g/mol. The highest BCUT2D eigenvalue weighted by atomic mass is 16.6. The molecule has 2 amide bonds. The molecule has 2 aliphatic heterocycles. The highest BCUT2D eigenvalue weighted by molar-refractivity contribution is 6.04. The zero-order chi connectivity index (χ0) is 26.2. The van der Waals surface area contributed by atoms with Crippen LogP contribution in [-0.4, -0.2) is 64.1 Å². The molecule has 0 saturated carbocycles. The number of pyridine rings is 1. The minimum absolute atomic E-state index is 0.180. The lowest BCUT2D eigenvalue weighted by atomic mass is 9.89. The summed E-state index contributed by atoms with van der Waals surface area (Å²) in [7, 11) is 2.16. The van der Waals surface area contributed by atoms with Gasteiger partial charge in [0.05, 0.1) is 5.52 Å². The number of aromatic nitrogens is 2. The third kappa shape index (κ3) is 5.80. The van der Waals surface area contributed by atoms with Crippen molar-refractivity contribution in [2.24, 2.45) is 0 Å². The van der Waals surface area contributed by atoms with Crippen LogP contribution in [0.2, 0.25) is 0 Å². The number of carbonyl (C=O) groups excluding carboxylic acids is 2. The van der Waals surface area contributed by atoms with Gasteiger partial charge in [0, 0.05) is 48.0 Å². The summed E-state index contributed by atoms with van der Waals surface area (Å²) in [5.41, 5.74) is 3.48. The number of ether oxygens (including phenoxy) is 1. The molecule has 8 nitrogen and oxygen atoms in total. The number of nitrogens with zero attached hydrogens (tertiary/aromatic N) is 3. The number of rotatable bonds is 4. The Morgan fingerprint density at radius 2 is 1.78 bits per heavy atom. The Hall–Kier alpha value is -3.39. The van der Waals surface area contributed by atoms with Crippen LogP contribution in [0, 0.1) is 0 Å². The number of aromatic amines is 1. The van der Waals surface area contributed by atoms with Gasteiger partial charge in [0.1, 0.15) is 11.4 Å². The van der Waals surface area contributed by atoms with Crippen molar-refractivity contribution in [3.63, 3.8) is 0 Å². The van der Waals surface area contributed by atoms with E-state index in [0.717, 1.165) is 36.7 Å². The van der Waals surface area contributed by atoms with E-state index in [-0.39, 0.29) is 12.0 Å². The highest BCUT2D eigenvalue weighted by Crippen LogP contribution is 2.32. The Morgan fingerprint density at radius 1 is 1.05 bits per heavy atom. The fourth-order valence-electron chi connectivity index (χ4n) is 5.42. The highest BCUT2D eigenvalue weighted by Gasteiger charge is 2.28. The summed E-state index contributed by atoms with van der Waals surface area (Å²) in [4.78, 5) is 37.4. The lowest BCUT2D eigenvalue weighted by Crippen LogP contribution is -2.41. The van der Waals surface area contributed by atoms with Crippen molar-refractivity contribution >= 4 is 28.7 Å². The lowest BCUT2D eigenvalue weighted by Gasteiger charge is -2.33. The molecule has 3 aromatic rings. The second kappa shape index (κ2) is 10.2. The van der Waals surface area contributed by atoms with Crippen molar-refractivity contribution in [3.8, 4) is 0 Å². The molecule has 196 valence electrons. The van der Waals surface area contributed by atoms with Gasteiger partial charge in [-0.05, 0) is 89.7 Å². The van der Waals surface area contributed by atoms with E-state index in [0.29, 0.717) is 36.4 Å². The van der Waals surface area contributed by atoms with Gasteiger partial charge in [-0.2, -0.15) is 0 Å². The topological polar surface area (TPSA) is 90.6 Å². The largest absolute Gasteiger partial charge is 0.444 e. The smallest absolute Gasteiger partial charge is 0.410 e. The minimum atomic E-state index is -0.484. The Kier molecular flexibility index (Phi) is 6.94. The number of piperidine rings is 1. The molecule has 2 aliphatic rings. The van der Waals surface area contributed by atoms with E-state index in [2.05, 4.69) is 33.3 Å². The van der Waals surface area contributed by atoms with Gasteiger partial charge in [-0.25, -0.2) is 9.78 Å². The van der Waals surface area contributed by atoms with Gasteiger partial charge in [-0.3, -0.25) is 9.69 Å². The molecule has 2 fully saturated rings. The molecular formula is C29H37N5O3. The first-order chi connectivity index (χ1) is 17.7. The van der Waals surface area contributed by atoms with Gasteiger partial charge >= 0.3 is 6.09 Å². The van der Waals surface area contributed by atoms with Gasteiger partial charge in [-0.1, -0.05) is 12.1 Å². The van der Waals surface area contributed by atoms with Crippen LogP contribution >= 0.6 is 0 Å². The van der Waals surface area contributed by atoms with Crippen molar-refractivity contribution in [1.29, 1.82) is 0 Å². The average Bonchev–Trinajstić information content (AvgIpc) is 3.48. The fraction of sp³-hybridized carbons (Fsp3) is 0.483. The van der Waals surface area contributed by atoms with Gasteiger partial charge in [0.2, 0.25) is 0 Å². The number of hydrogen-bond acceptors (Lipinski definition) is 5. The monoisotopic (exact) mass is 503 g/mol. The zero-order valence-corrected chi connectivity index (χ0v) is 22.2. The van der Waals surface area contributed by atoms with E-state index in [1.165, 1.54) is 17.7 Å². The predicted octanol–water partition coefficient (Wildman–Crippen LogP) is 5.70. The molecule has 2 N–H and O–H groups in total. The van der Waals surface area contributed by atoms with E-state index in [1.807, 2.05) is 57.3 Å². The van der Waals surface area contributed by atoms with Gasteiger partial charge in [-0.15, -0.1) is 0 Å². The molecule has 5 rings (SSSR count). The van der Waals surface area contributed by atoms with Gasteiger partial charge in [0.25, 0.3) is 5.91 Å². The maximum absolute atomic E-state index is 12.9. The SMILES string of the molecule is CN1CCCC1c1cc2cnc(NC(=O)c3ccc(C4CCN(C(=O)OC(C)(C)C)CC4)cc3)cc2[nH]1. The van der Waals surface area contributed by atoms with E-state index in [1.54, 1.807) is 4.90 Å². The summed E-state index contributed by atoms with van der Waals surface area (Å²) >= 11 is 0. The molecule has 0 radical (unpaired) electrons. The van der Waals surface area contributed by atoms with Crippen LogP contribution in [0.5, 0.6) is 0 Å². The van der Waals surface area contributed by atoms with E-state index >= 15 is 0 Å². The number of amides is 2. The standard InChI is InChI=1S/C29H37N5O3/c1-29(2,3)37-28(36)34-14-11-20(12-15-34)19-7-9-21(10-8-19)27(35)32-26-17-23-22(18-30-26)16-24(31-23)25-6-5-13-33(25)4/h7-10,16-18,20,25,31H,5-6,11-15H2,1-4H3,(H,30,32,35). The Bertz CT molecular complexity index is 1270. The fourth-order valence-corrected chi connectivity index (χ4v) is 5.42. The molecule has 0 aliphatic carbocycles. The molecule has 8 heteroatoms. The van der Waals surface area contributed by atoms with Gasteiger partial charge < -0.3 is 19.9 Å². The minimum Gasteiger partial charge on any atom is -0.444 e. The summed E-state index contributed by atoms with van der Waals surface area (Å²) < 4.78 is 5.49. The van der Waals surface area contributed by atoms with E-state index < -0.39 is 5.60 Å². The molecule has 1 aromatic carbocycles. The Morgan fingerprint density at radius 3 is 2.43 bits per heavy atom. The van der Waals surface area contributed by atoms with Crippen LogP contribution in [0.3, 0.4) is 0 Å². The molecule has 1 atom stereocenters. The molecule has 2 saturated heterocycles. The number of likely N-dealkylation sites (tertiary alicyclic amines) is 2. The number of H-pyrrole nitrogens is 1. The van der Waals surface area contributed by atoms with Crippen molar-refractivity contribution in [2.45, 2.75) is 64.0 Å². The molecule has 0 bridgehead atoms. The molecule has 37 heavy (non-hydrogen) atoms. The second-order valence-electron chi connectivity index (χ2n) is 11.3. The first kappa shape index (κ1) is 25.3. The van der Waals surface area contributed by atoms with E-state index in [4.69, 9.17) is 4.74 Å². The second-order valence-corrected chi connectivity index (χ2v) is 11.3. The van der Waals surface area contributed by atoms with Crippen LogP contribution in [0.25, 0.3) is 10.9 Å². The van der Waals surface area contributed by atoms with Crippen LogP contribution in [-0.2, 0) is 4.74 Å². The number of fused-ring (bicyclic) bond motifs is 1. The number of anilines is 1. The number of hydrogen-bond donors (Lipinski definition) is 2. The molecule has 4 heterocycles. The summed E-state index contributed by atoms with van der Waals surface area (Å²) in [5.74, 6) is 0.713. The van der Waals surface area contributed by atoms with Crippen LogP contribution in [0.15, 0.2) is 42.6 Å². The van der Waals surface area contributed by atoms with Gasteiger partial charge in [0.15, 0.2) is 0 Å². The van der Waals surface area contributed by atoms with Crippen molar-refractivity contribution in [1.82, 2.24) is 19.8 Å². The molecule has 0 spiro atoms. The molecule has 1 unspecified atom stereocenters. The number of benzene rings is 1. The zero-order valence-electron chi connectivity index (χ0n) is 22.2. The summed E-state index contributed by atoms with van der Waals surface area (Å²) in [6, 6.07) is 12.3. The summed E-state index contributed by atoms with van der Waals surface area (Å²) in [5, 5.41) is 3.99. The first-order valence-corrected chi connectivity index (χ1v) is 13.2. The van der Waals surface area contributed by atoms with Crippen LogP contribution in [0.1, 0.15) is 80.0 Å². The summed E-state index contributed by atoms with van der Waals surface area (Å²) in [6.07, 6.45) is 5.69. The third-order valence-electron chi connectivity index (χ3n) is 7.44. The van der Waals surface area contributed by atoms with Crippen molar-refractivity contribution < 1.29 is 14.3 Å². The Balaban J connectivity index is 1.18. The summed E-state index contributed by atoms with van der Waals surface area (Å²) in [6.45, 7) is 8.12. The Labute approximate surface area is 218 Å². The lowest BCUT2D eigenvalue weighted by molar-refractivity contribution is 0.0204. The van der Waals surface area contributed by atoms with E-state index in [9.17, 15) is 9.59 Å². The maximum atomic E-state index is 12.9. The molecule has 2 aromatic heterocycles. The number of nitrogens with one attached hydrogen (secondary N) is 2. The van der Waals surface area contributed by atoms with Crippen LogP contribution < -0.4 is 5.32 Å². The van der Waals surface area contributed by atoms with Crippen molar-refractivity contribution in [3.05, 3.63) is 59.4 Å². The number of carbonyl (C=O) groups is 2. The van der Waals surface area contributed by atoms with Crippen molar-refractivity contribution in [2.75, 3.05) is 32.0 Å².